The van der Waals surface area contributed by atoms with Crippen LogP contribution in [0.5, 0.6) is 0 Å². The number of phosphoric acid groups is 2. The first-order valence-corrected chi connectivity index (χ1v) is 44.2. The van der Waals surface area contributed by atoms with Crippen molar-refractivity contribution < 1.29 is 80.2 Å². The number of allylic oxidation sites excluding steroid dienone is 6. The lowest BCUT2D eigenvalue weighted by Gasteiger charge is -2.21. The molecule has 0 bridgehead atoms. The minimum atomic E-state index is -4.97. The Kier molecular flexibility index (Phi) is 72.5. The van der Waals surface area contributed by atoms with Crippen molar-refractivity contribution in [3.63, 3.8) is 0 Å². The van der Waals surface area contributed by atoms with Gasteiger partial charge in [0.2, 0.25) is 0 Å². The molecule has 0 fully saturated rings. The molecule has 0 rings (SSSR count). The number of esters is 4. The highest BCUT2D eigenvalue weighted by molar-refractivity contribution is 7.47. The normalized spacial score (nSPS) is 14.0. The van der Waals surface area contributed by atoms with Gasteiger partial charge < -0.3 is 33.8 Å². The summed E-state index contributed by atoms with van der Waals surface area (Å²) < 4.78 is 68.7. The summed E-state index contributed by atoms with van der Waals surface area (Å²) >= 11 is 0. The van der Waals surface area contributed by atoms with Gasteiger partial charge in [0.05, 0.1) is 26.4 Å². The number of hydrogen-bond donors (Lipinski definition) is 3. The highest BCUT2D eigenvalue weighted by Crippen LogP contribution is 2.45. The van der Waals surface area contributed by atoms with Crippen LogP contribution in [0.3, 0.4) is 0 Å². The first kappa shape index (κ1) is 97.3. The van der Waals surface area contributed by atoms with E-state index in [9.17, 15) is 43.2 Å². The second-order valence-corrected chi connectivity index (χ2v) is 31.0. The Morgan fingerprint density at radius 3 is 0.770 bits per heavy atom. The van der Waals surface area contributed by atoms with E-state index in [1.54, 1.807) is 0 Å². The Bertz CT molecular complexity index is 2040. The zero-order valence-electron chi connectivity index (χ0n) is 64.4. The maximum absolute atomic E-state index is 13.1. The van der Waals surface area contributed by atoms with Gasteiger partial charge in [-0.1, -0.05) is 327 Å². The summed E-state index contributed by atoms with van der Waals surface area (Å²) in [5, 5.41) is 10.6. The molecule has 100 heavy (non-hydrogen) atoms. The maximum atomic E-state index is 13.1. The molecule has 0 aliphatic heterocycles. The van der Waals surface area contributed by atoms with Crippen LogP contribution in [0.2, 0.25) is 0 Å². The molecule has 0 saturated carbocycles. The van der Waals surface area contributed by atoms with E-state index in [1.165, 1.54) is 186 Å². The lowest BCUT2D eigenvalue weighted by molar-refractivity contribution is -0.161. The molecular formula is C81H152O17P2. The van der Waals surface area contributed by atoms with E-state index in [-0.39, 0.29) is 25.7 Å². The van der Waals surface area contributed by atoms with Crippen molar-refractivity contribution in [1.82, 2.24) is 0 Å². The lowest BCUT2D eigenvalue weighted by Crippen LogP contribution is -2.30. The van der Waals surface area contributed by atoms with Crippen LogP contribution in [0.25, 0.3) is 0 Å². The summed E-state index contributed by atoms with van der Waals surface area (Å²) in [5.41, 5.74) is 0. The molecule has 17 nitrogen and oxygen atoms in total. The van der Waals surface area contributed by atoms with Crippen LogP contribution in [0.15, 0.2) is 36.5 Å². The van der Waals surface area contributed by atoms with Gasteiger partial charge in [-0.25, -0.2) is 9.13 Å². The monoisotopic (exact) mass is 1460 g/mol. The third kappa shape index (κ3) is 73.6. The van der Waals surface area contributed by atoms with Gasteiger partial charge in [-0.2, -0.15) is 0 Å². The summed E-state index contributed by atoms with van der Waals surface area (Å²) in [6.45, 7) is 4.93. The molecule has 0 aliphatic carbocycles. The van der Waals surface area contributed by atoms with Gasteiger partial charge in [0.1, 0.15) is 19.3 Å². The number of ether oxygens (including phenoxy) is 4. The molecule has 0 aromatic carbocycles. The van der Waals surface area contributed by atoms with Gasteiger partial charge in [0.25, 0.3) is 0 Å². The van der Waals surface area contributed by atoms with E-state index in [2.05, 4.69) is 64.2 Å². The van der Waals surface area contributed by atoms with Gasteiger partial charge in [0.15, 0.2) is 12.2 Å². The van der Waals surface area contributed by atoms with Crippen molar-refractivity contribution in [2.75, 3.05) is 39.6 Å². The smallest absolute Gasteiger partial charge is 0.462 e. The van der Waals surface area contributed by atoms with Crippen molar-refractivity contribution in [1.29, 1.82) is 0 Å². The molecule has 2 unspecified atom stereocenters. The Morgan fingerprint density at radius 1 is 0.280 bits per heavy atom. The number of aliphatic hydroxyl groups is 1. The molecule has 0 aromatic heterocycles. The summed E-state index contributed by atoms with van der Waals surface area (Å²) in [6, 6.07) is 0. The molecule has 0 amide bonds. The third-order valence-corrected chi connectivity index (χ3v) is 20.0. The van der Waals surface area contributed by atoms with Crippen LogP contribution in [-0.2, 0) is 65.4 Å². The highest BCUT2D eigenvalue weighted by atomic mass is 31.2. The quantitative estimate of drug-likeness (QED) is 0.0169. The summed E-state index contributed by atoms with van der Waals surface area (Å²) in [7, 11) is -9.94. The van der Waals surface area contributed by atoms with Crippen LogP contribution < -0.4 is 0 Å². The number of carbonyl (C=O) groups is 4. The molecular weight excluding hydrogens is 1310 g/mol. The summed E-state index contributed by atoms with van der Waals surface area (Å²) in [4.78, 5) is 73.0. The van der Waals surface area contributed by atoms with Crippen molar-refractivity contribution in [2.45, 2.75) is 418 Å². The Morgan fingerprint density at radius 2 is 0.490 bits per heavy atom. The Labute approximate surface area is 611 Å². The van der Waals surface area contributed by atoms with E-state index < -0.39 is 97.5 Å². The van der Waals surface area contributed by atoms with Gasteiger partial charge in [-0.15, -0.1) is 0 Å². The van der Waals surface area contributed by atoms with E-state index >= 15 is 0 Å². The van der Waals surface area contributed by atoms with Crippen molar-refractivity contribution >= 4 is 39.5 Å². The van der Waals surface area contributed by atoms with Gasteiger partial charge in [0, 0.05) is 25.7 Å². The van der Waals surface area contributed by atoms with Gasteiger partial charge >= 0.3 is 39.5 Å². The number of carbonyl (C=O) groups excluding carboxylic acids is 4. The van der Waals surface area contributed by atoms with E-state index in [0.29, 0.717) is 25.7 Å². The summed E-state index contributed by atoms with van der Waals surface area (Å²) in [6.07, 6.45) is 71.1. The Balaban J connectivity index is 5.31. The number of rotatable bonds is 79. The van der Waals surface area contributed by atoms with E-state index in [4.69, 9.17) is 37.0 Å². The molecule has 0 spiro atoms. The first-order valence-electron chi connectivity index (χ1n) is 41.2. The fourth-order valence-corrected chi connectivity index (χ4v) is 13.4. The molecule has 0 saturated heterocycles. The average Bonchev–Trinajstić information content (AvgIpc) is 0.944. The van der Waals surface area contributed by atoms with Crippen molar-refractivity contribution in [3.8, 4) is 0 Å². The van der Waals surface area contributed by atoms with Crippen LogP contribution in [0, 0.1) is 0 Å². The first-order chi connectivity index (χ1) is 48.7. The zero-order valence-corrected chi connectivity index (χ0v) is 66.2. The van der Waals surface area contributed by atoms with Crippen LogP contribution >= 0.6 is 15.6 Å². The van der Waals surface area contributed by atoms with Crippen molar-refractivity contribution in [3.05, 3.63) is 36.5 Å². The lowest BCUT2D eigenvalue weighted by atomic mass is 10.0. The molecule has 19 heteroatoms. The average molecular weight is 1460 g/mol. The van der Waals surface area contributed by atoms with Crippen LogP contribution in [-0.4, -0.2) is 96.7 Å². The van der Waals surface area contributed by atoms with Crippen LogP contribution in [0.4, 0.5) is 0 Å². The molecule has 3 N–H and O–H groups in total. The topological polar surface area (TPSA) is 237 Å². The minimum absolute atomic E-state index is 0.101. The SMILES string of the molecule is CCCCC/C=C\C/C=C\CCCCCCCC(=O)OC[C@H](COP(=O)(O)OC[C@@H](O)COP(=O)(O)OC[C@@H](COC(=O)CCCCCCC/C=C\CCCCCCCC)OC(=O)CCCCCCCCCCCCCCC)OC(=O)CCCCCCCCCCCCCCCCCCC. The summed E-state index contributed by atoms with van der Waals surface area (Å²) in [5.74, 6) is -2.15. The number of hydrogen-bond acceptors (Lipinski definition) is 15. The number of unbranched alkanes of at least 4 members (excludes halogenated alkanes) is 47. The van der Waals surface area contributed by atoms with E-state index in [0.717, 1.165) is 135 Å². The molecule has 588 valence electrons. The fraction of sp³-hybridized carbons (Fsp3) is 0.877. The van der Waals surface area contributed by atoms with Crippen LogP contribution in [0.1, 0.15) is 400 Å². The highest BCUT2D eigenvalue weighted by Gasteiger charge is 2.30. The standard InChI is InChI=1S/C81H152O17P2/c1-5-9-13-17-21-25-29-33-36-37-40-44-48-52-56-60-64-68-81(86)98-77(72-92-79(84)66-62-58-54-50-46-43-39-35-31-27-23-19-15-11-7-3)74-96-100(89,90)94-70-75(82)69-93-99(87,88)95-73-76(97-80(85)67-63-59-55-51-47-41-32-28-24-20-16-12-8-4)71-91-78(83)65-61-57-53-49-45-42-38-34-30-26-22-18-14-10-6-2/h23,27,34-35,38-39,75-77,82H,5-22,24-26,28-33,36-37,40-74H2,1-4H3,(H,87,88)(H,89,90)/b27-23-,38-34-,39-35-/t75-,76+,77+/m0/s1. The second-order valence-electron chi connectivity index (χ2n) is 28.1. The number of aliphatic hydroxyl groups excluding tert-OH is 1. The maximum Gasteiger partial charge on any atom is 0.472 e. The number of phosphoric ester groups is 2. The van der Waals surface area contributed by atoms with Gasteiger partial charge in [-0.3, -0.25) is 37.3 Å². The third-order valence-electron chi connectivity index (χ3n) is 18.1. The molecule has 0 aliphatic rings. The van der Waals surface area contributed by atoms with E-state index in [1.807, 2.05) is 0 Å². The molecule has 0 aromatic rings. The predicted molar refractivity (Wildman–Crippen MR) is 409 cm³/mol. The zero-order chi connectivity index (χ0) is 73.2. The largest absolute Gasteiger partial charge is 0.472 e. The van der Waals surface area contributed by atoms with Gasteiger partial charge in [-0.05, 0) is 83.5 Å². The molecule has 0 heterocycles. The molecule has 0 radical (unpaired) electrons. The fourth-order valence-electron chi connectivity index (χ4n) is 11.8. The minimum Gasteiger partial charge on any atom is -0.462 e. The second kappa shape index (κ2) is 74.5. The predicted octanol–water partition coefficient (Wildman–Crippen LogP) is 23.9. The Hall–Kier alpha value is -2.72. The molecule has 5 atom stereocenters. The van der Waals surface area contributed by atoms with Crippen molar-refractivity contribution in [2.24, 2.45) is 0 Å².